The first-order valence-electron chi connectivity index (χ1n) is 10.2. The zero-order chi connectivity index (χ0) is 22.3. The molecule has 5 atom stereocenters. The molecule has 0 radical (unpaired) electrons. The topological polar surface area (TPSA) is 112 Å². The van der Waals surface area contributed by atoms with E-state index in [4.69, 9.17) is 18.9 Å². The van der Waals surface area contributed by atoms with Gasteiger partial charge in [0.1, 0.15) is 6.61 Å². The Morgan fingerprint density at radius 1 is 1.23 bits per heavy atom. The van der Waals surface area contributed by atoms with Gasteiger partial charge in [-0.2, -0.15) is 0 Å². The average Bonchev–Trinajstić information content (AvgIpc) is 3.32. The highest BCUT2D eigenvalue weighted by Gasteiger charge is 2.64. The highest BCUT2D eigenvalue weighted by molar-refractivity contribution is 6.01. The van der Waals surface area contributed by atoms with Crippen LogP contribution in [0.4, 0.5) is 0 Å². The molecule has 3 rings (SSSR count). The van der Waals surface area contributed by atoms with Crippen molar-refractivity contribution >= 4 is 23.7 Å². The monoisotopic (exact) mass is 423 g/mol. The maximum atomic E-state index is 13.1. The van der Waals surface area contributed by atoms with Crippen LogP contribution >= 0.6 is 0 Å². The van der Waals surface area contributed by atoms with Crippen LogP contribution < -0.4 is 0 Å². The van der Waals surface area contributed by atoms with Crippen LogP contribution in [0.5, 0.6) is 0 Å². The Kier molecular flexibility index (Phi) is 6.06. The smallest absolute Gasteiger partial charge is 0.350 e. The molecule has 9 nitrogen and oxygen atoms in total. The summed E-state index contributed by atoms with van der Waals surface area (Å²) < 4.78 is 22.0. The molecule has 2 fully saturated rings. The summed E-state index contributed by atoms with van der Waals surface area (Å²) in [5, 5.41) is 0. The number of ether oxygens (including phenoxy) is 4. The molecule has 0 aromatic carbocycles. The van der Waals surface area contributed by atoms with Gasteiger partial charge in [-0.05, 0) is 27.3 Å². The molecule has 0 amide bonds. The Hall–Kier alpha value is -2.26. The fourth-order valence-corrected chi connectivity index (χ4v) is 3.98. The van der Waals surface area contributed by atoms with Gasteiger partial charge in [0.25, 0.3) is 0 Å². The summed E-state index contributed by atoms with van der Waals surface area (Å²) in [7, 11) is 1.88. The second-order valence-electron chi connectivity index (χ2n) is 8.57. The van der Waals surface area contributed by atoms with E-state index in [9.17, 15) is 19.2 Å². The molecule has 3 aliphatic rings. The molecular weight excluding hydrogens is 394 g/mol. The molecule has 0 saturated carbocycles. The number of nitrogens with zero attached hydrogens (tertiary/aromatic N) is 1. The molecule has 9 heteroatoms. The lowest BCUT2D eigenvalue weighted by Crippen LogP contribution is -2.50. The first-order valence-corrected chi connectivity index (χ1v) is 10.2. The quantitative estimate of drug-likeness (QED) is 0.343. The van der Waals surface area contributed by atoms with Crippen molar-refractivity contribution in [3.63, 3.8) is 0 Å². The fourth-order valence-electron chi connectivity index (χ4n) is 3.98. The summed E-state index contributed by atoms with van der Waals surface area (Å²) in [5.41, 5.74) is -2.70. The van der Waals surface area contributed by atoms with Crippen LogP contribution in [0.1, 0.15) is 40.5 Å². The summed E-state index contributed by atoms with van der Waals surface area (Å²) in [6.45, 7) is 6.82. The number of carbonyl (C=O) groups is 4. The fraction of sp³-hybridized carbons (Fsp3) is 0.714. The van der Waals surface area contributed by atoms with E-state index in [-0.39, 0.29) is 18.6 Å². The molecule has 30 heavy (non-hydrogen) atoms. The third-order valence-corrected chi connectivity index (χ3v) is 6.28. The summed E-state index contributed by atoms with van der Waals surface area (Å²) in [5.74, 6) is -3.06. The minimum absolute atomic E-state index is 0.0788. The third-order valence-electron chi connectivity index (χ3n) is 6.28. The standard InChI is InChI=1S/C21H29NO8/c1-12-10-21(13(2)29-21)19(26)28-16-7-9-22(5)8-6-15(17(16)24)11-27-18(25)20(12,4)30-14(3)23/h6,12-13,16H,7-11H2,1-5H3/t12-,13-,16-,20+,21-/m1/s1. The van der Waals surface area contributed by atoms with Crippen molar-refractivity contribution in [2.45, 2.75) is 63.9 Å². The Bertz CT molecular complexity index is 792. The molecule has 3 aliphatic heterocycles. The Balaban J connectivity index is 2.01. The number of cyclic esters (lactones) is 1. The number of hydrogen-bond donors (Lipinski definition) is 0. The van der Waals surface area contributed by atoms with Crippen LogP contribution in [0.15, 0.2) is 11.6 Å². The van der Waals surface area contributed by atoms with Gasteiger partial charge in [-0.15, -0.1) is 0 Å². The van der Waals surface area contributed by atoms with Gasteiger partial charge >= 0.3 is 17.9 Å². The summed E-state index contributed by atoms with van der Waals surface area (Å²) >= 11 is 0. The number of Topliss-reactive ketones (excluding diaryl/α,β-unsaturated/α-hetero) is 1. The molecule has 2 bridgehead atoms. The minimum Gasteiger partial charge on any atom is -0.458 e. The van der Waals surface area contributed by atoms with Gasteiger partial charge < -0.3 is 23.8 Å². The van der Waals surface area contributed by atoms with E-state index in [1.165, 1.54) is 13.8 Å². The highest BCUT2D eigenvalue weighted by Crippen LogP contribution is 2.46. The molecule has 0 aliphatic carbocycles. The first-order chi connectivity index (χ1) is 14.0. The van der Waals surface area contributed by atoms with Crippen LogP contribution in [-0.4, -0.2) is 78.7 Å². The van der Waals surface area contributed by atoms with Crippen molar-refractivity contribution < 1.29 is 38.1 Å². The van der Waals surface area contributed by atoms with Crippen molar-refractivity contribution in [2.75, 3.05) is 26.7 Å². The van der Waals surface area contributed by atoms with Gasteiger partial charge in [-0.25, -0.2) is 9.59 Å². The van der Waals surface area contributed by atoms with E-state index < -0.39 is 53.0 Å². The number of likely N-dealkylation sites (N-methyl/N-ethyl adjacent to an activating group) is 1. The number of carbonyl (C=O) groups excluding carboxylic acids is 4. The van der Waals surface area contributed by atoms with E-state index in [0.29, 0.717) is 19.5 Å². The van der Waals surface area contributed by atoms with Crippen molar-refractivity contribution in [1.82, 2.24) is 4.90 Å². The average molecular weight is 423 g/mol. The number of epoxide rings is 1. The lowest BCUT2D eigenvalue weighted by Gasteiger charge is -2.35. The molecule has 166 valence electrons. The van der Waals surface area contributed by atoms with Gasteiger partial charge in [0.2, 0.25) is 11.4 Å². The first kappa shape index (κ1) is 22.4. The van der Waals surface area contributed by atoms with Crippen molar-refractivity contribution in [3.05, 3.63) is 11.6 Å². The molecule has 0 unspecified atom stereocenters. The molecule has 3 heterocycles. The normalized spacial score (nSPS) is 38.2. The SMILES string of the molecule is CC(=O)O[C@]1(C)C(=O)OCC2=CCN(C)CC[C@@H](OC(=O)[C@]3(C[C@H]1C)O[C@@H]3C)C2=O. The molecule has 1 spiro atoms. The largest absolute Gasteiger partial charge is 0.458 e. The summed E-state index contributed by atoms with van der Waals surface area (Å²) in [6, 6.07) is 0. The van der Waals surface area contributed by atoms with E-state index in [0.717, 1.165) is 0 Å². The van der Waals surface area contributed by atoms with Gasteiger partial charge in [0.05, 0.1) is 6.10 Å². The maximum absolute atomic E-state index is 13.1. The van der Waals surface area contributed by atoms with E-state index in [2.05, 4.69) is 0 Å². The van der Waals surface area contributed by atoms with Crippen LogP contribution in [0, 0.1) is 5.92 Å². The molecule has 0 N–H and O–H groups in total. The lowest BCUT2D eigenvalue weighted by atomic mass is 9.81. The number of fused-ring (bicyclic) bond motifs is 2. The number of ketones is 1. The van der Waals surface area contributed by atoms with Gasteiger partial charge in [0.15, 0.2) is 11.7 Å². The summed E-state index contributed by atoms with van der Waals surface area (Å²) in [4.78, 5) is 52.7. The summed E-state index contributed by atoms with van der Waals surface area (Å²) in [6.07, 6.45) is 0.648. The third kappa shape index (κ3) is 4.13. The van der Waals surface area contributed by atoms with Crippen LogP contribution in [0.25, 0.3) is 0 Å². The van der Waals surface area contributed by atoms with Crippen molar-refractivity contribution in [3.8, 4) is 0 Å². The van der Waals surface area contributed by atoms with E-state index >= 15 is 0 Å². The highest BCUT2D eigenvalue weighted by atomic mass is 16.7. The zero-order valence-corrected chi connectivity index (χ0v) is 18.1. The van der Waals surface area contributed by atoms with Crippen LogP contribution in [0.2, 0.25) is 0 Å². The molecule has 2 saturated heterocycles. The predicted octanol–water partition coefficient (Wildman–Crippen LogP) is 0.792. The lowest BCUT2D eigenvalue weighted by molar-refractivity contribution is -0.187. The van der Waals surface area contributed by atoms with Crippen LogP contribution in [-0.2, 0) is 38.1 Å². The molecular formula is C21H29NO8. The number of rotatable bonds is 1. The Labute approximate surface area is 175 Å². The van der Waals surface area contributed by atoms with Gasteiger partial charge in [-0.3, -0.25) is 9.59 Å². The predicted molar refractivity (Wildman–Crippen MR) is 103 cm³/mol. The second-order valence-corrected chi connectivity index (χ2v) is 8.57. The van der Waals surface area contributed by atoms with Crippen molar-refractivity contribution in [2.24, 2.45) is 5.92 Å². The van der Waals surface area contributed by atoms with E-state index in [1.807, 2.05) is 11.9 Å². The maximum Gasteiger partial charge on any atom is 0.350 e. The Morgan fingerprint density at radius 3 is 2.50 bits per heavy atom. The number of hydrogen-bond acceptors (Lipinski definition) is 9. The number of esters is 3. The van der Waals surface area contributed by atoms with Gasteiger partial charge in [-0.1, -0.05) is 13.0 Å². The van der Waals surface area contributed by atoms with Crippen molar-refractivity contribution in [1.29, 1.82) is 0 Å². The molecule has 0 aromatic rings. The second kappa shape index (κ2) is 8.11. The van der Waals surface area contributed by atoms with E-state index in [1.54, 1.807) is 19.9 Å². The van der Waals surface area contributed by atoms with Gasteiger partial charge in [0, 0.05) is 37.9 Å². The molecule has 0 aromatic heterocycles. The minimum atomic E-state index is -1.65. The zero-order valence-electron chi connectivity index (χ0n) is 18.1. The van der Waals surface area contributed by atoms with Crippen LogP contribution in [0.3, 0.4) is 0 Å². The Morgan fingerprint density at radius 2 is 1.90 bits per heavy atom.